The van der Waals surface area contributed by atoms with Gasteiger partial charge in [-0.2, -0.15) is 0 Å². The lowest BCUT2D eigenvalue weighted by molar-refractivity contribution is -0.122. The number of rotatable bonds is 6. The predicted molar refractivity (Wildman–Crippen MR) is 73.0 cm³/mol. The van der Waals surface area contributed by atoms with E-state index in [1.54, 1.807) is 13.1 Å². The fraction of sp³-hybridized carbons (Fsp3) is 0.462. The van der Waals surface area contributed by atoms with Gasteiger partial charge in [-0.1, -0.05) is 24.6 Å². The van der Waals surface area contributed by atoms with E-state index in [1.807, 2.05) is 19.1 Å². The molecule has 0 aromatic heterocycles. The molecule has 3 N–H and O–H groups in total. The lowest BCUT2D eigenvalue weighted by Crippen LogP contribution is -2.25. The van der Waals surface area contributed by atoms with Gasteiger partial charge < -0.3 is 15.8 Å². The number of benzene rings is 1. The second-order valence-corrected chi connectivity index (χ2v) is 4.51. The summed E-state index contributed by atoms with van der Waals surface area (Å²) in [6, 6.07) is 5.65. The van der Waals surface area contributed by atoms with Crippen molar-refractivity contribution in [3.8, 4) is 5.75 Å². The maximum atomic E-state index is 11.1. The van der Waals surface area contributed by atoms with E-state index in [0.29, 0.717) is 10.8 Å². The summed E-state index contributed by atoms with van der Waals surface area (Å²) in [6.45, 7) is 2.01. The topological polar surface area (TPSA) is 64.3 Å². The van der Waals surface area contributed by atoms with Crippen molar-refractivity contribution in [2.45, 2.75) is 25.8 Å². The molecule has 0 aliphatic carbocycles. The molecule has 100 valence electrons. The molecule has 1 atom stereocenters. The monoisotopic (exact) mass is 270 g/mol. The molecule has 0 spiro atoms. The molecule has 0 aliphatic heterocycles. The van der Waals surface area contributed by atoms with Gasteiger partial charge in [-0.05, 0) is 30.5 Å². The molecule has 18 heavy (non-hydrogen) atoms. The fourth-order valence-corrected chi connectivity index (χ4v) is 1.71. The summed E-state index contributed by atoms with van der Waals surface area (Å²) >= 11 is 6.09. The first-order valence-corrected chi connectivity index (χ1v) is 6.32. The Hall–Kier alpha value is -1.26. The number of carbonyl (C=O) groups excluding carboxylic acids is 1. The molecule has 4 nitrogen and oxygen atoms in total. The molecule has 1 unspecified atom stereocenters. The van der Waals surface area contributed by atoms with Crippen molar-refractivity contribution in [1.29, 1.82) is 0 Å². The summed E-state index contributed by atoms with van der Waals surface area (Å²) in [7, 11) is 1.56. The first-order valence-electron chi connectivity index (χ1n) is 5.94. The van der Waals surface area contributed by atoms with Crippen LogP contribution in [0.4, 0.5) is 0 Å². The van der Waals surface area contributed by atoms with Crippen molar-refractivity contribution in [1.82, 2.24) is 5.32 Å². The average molecular weight is 271 g/mol. The number of carbonyl (C=O) groups is 1. The van der Waals surface area contributed by atoms with E-state index in [0.717, 1.165) is 18.4 Å². The Balaban J connectivity index is 2.64. The normalized spacial score (nSPS) is 12.0. The van der Waals surface area contributed by atoms with Crippen LogP contribution in [0.2, 0.25) is 5.02 Å². The zero-order valence-corrected chi connectivity index (χ0v) is 11.5. The van der Waals surface area contributed by atoms with Crippen molar-refractivity contribution in [3.05, 3.63) is 28.8 Å². The predicted octanol–water partition coefficient (Wildman–Crippen LogP) is 1.74. The number of amides is 1. The van der Waals surface area contributed by atoms with Crippen molar-refractivity contribution >= 4 is 17.5 Å². The van der Waals surface area contributed by atoms with E-state index >= 15 is 0 Å². The van der Waals surface area contributed by atoms with Crippen LogP contribution >= 0.6 is 11.6 Å². The van der Waals surface area contributed by atoms with Crippen molar-refractivity contribution in [2.24, 2.45) is 5.73 Å². The van der Waals surface area contributed by atoms with Gasteiger partial charge in [0, 0.05) is 13.1 Å². The number of halogens is 1. The van der Waals surface area contributed by atoms with Gasteiger partial charge in [0.05, 0.1) is 5.02 Å². The number of ether oxygens (including phenoxy) is 1. The van der Waals surface area contributed by atoms with Gasteiger partial charge in [-0.3, -0.25) is 4.79 Å². The van der Waals surface area contributed by atoms with E-state index in [4.69, 9.17) is 22.1 Å². The maximum Gasteiger partial charge on any atom is 0.257 e. The molecular weight excluding hydrogens is 252 g/mol. The summed E-state index contributed by atoms with van der Waals surface area (Å²) in [5.74, 6) is 0.317. The van der Waals surface area contributed by atoms with Gasteiger partial charge in [-0.25, -0.2) is 0 Å². The highest BCUT2D eigenvalue weighted by Gasteiger charge is 2.07. The highest BCUT2D eigenvalue weighted by Crippen LogP contribution is 2.26. The molecule has 1 amide bonds. The Morgan fingerprint density at radius 2 is 2.28 bits per heavy atom. The van der Waals surface area contributed by atoms with Gasteiger partial charge in [-0.15, -0.1) is 0 Å². The summed E-state index contributed by atoms with van der Waals surface area (Å²) in [5.41, 5.74) is 6.95. The molecule has 0 fully saturated rings. The molecular formula is C13H19ClN2O2. The second kappa shape index (κ2) is 7.24. The Kier molecular flexibility index (Phi) is 5.95. The van der Waals surface area contributed by atoms with Crippen LogP contribution in [0, 0.1) is 0 Å². The third-order valence-corrected chi connectivity index (χ3v) is 2.95. The Morgan fingerprint density at radius 1 is 1.56 bits per heavy atom. The summed E-state index contributed by atoms with van der Waals surface area (Å²) in [4.78, 5) is 11.1. The summed E-state index contributed by atoms with van der Waals surface area (Å²) < 4.78 is 5.30. The van der Waals surface area contributed by atoms with Gasteiger partial charge >= 0.3 is 0 Å². The summed E-state index contributed by atoms with van der Waals surface area (Å²) in [5, 5.41) is 2.98. The Morgan fingerprint density at radius 3 is 2.83 bits per heavy atom. The third-order valence-electron chi connectivity index (χ3n) is 2.66. The van der Waals surface area contributed by atoms with Crippen LogP contribution in [0.25, 0.3) is 0 Å². The average Bonchev–Trinajstić information content (AvgIpc) is 2.37. The number of likely N-dealkylation sites (N-methyl/N-ethyl adjacent to an activating group) is 1. The van der Waals surface area contributed by atoms with Gasteiger partial charge in [0.2, 0.25) is 0 Å². The van der Waals surface area contributed by atoms with Gasteiger partial charge in [0.15, 0.2) is 6.61 Å². The van der Waals surface area contributed by atoms with Crippen LogP contribution in [0.15, 0.2) is 18.2 Å². The molecule has 1 rings (SSSR count). The lowest BCUT2D eigenvalue weighted by atomic mass is 10.0. The number of hydrogen-bond acceptors (Lipinski definition) is 3. The van der Waals surface area contributed by atoms with E-state index in [9.17, 15) is 4.79 Å². The minimum atomic E-state index is -0.192. The minimum Gasteiger partial charge on any atom is -0.482 e. The third kappa shape index (κ3) is 4.55. The highest BCUT2D eigenvalue weighted by molar-refractivity contribution is 6.32. The van der Waals surface area contributed by atoms with Crippen LogP contribution in [-0.4, -0.2) is 25.6 Å². The number of hydrogen-bond donors (Lipinski definition) is 2. The van der Waals surface area contributed by atoms with E-state index in [1.165, 1.54) is 0 Å². The van der Waals surface area contributed by atoms with Crippen LogP contribution in [0.5, 0.6) is 5.75 Å². The second-order valence-electron chi connectivity index (χ2n) is 4.10. The quantitative estimate of drug-likeness (QED) is 0.828. The maximum absolute atomic E-state index is 11.1. The molecule has 0 aliphatic rings. The Labute approximate surface area is 112 Å². The first-order chi connectivity index (χ1) is 8.56. The zero-order chi connectivity index (χ0) is 13.5. The number of nitrogens with two attached hydrogens (primary N) is 1. The molecule has 0 saturated carbocycles. The molecule has 0 radical (unpaired) electrons. The van der Waals surface area contributed by atoms with Crippen molar-refractivity contribution in [2.75, 3.05) is 13.7 Å². The molecule has 0 bridgehead atoms. The van der Waals surface area contributed by atoms with E-state index in [-0.39, 0.29) is 18.6 Å². The summed E-state index contributed by atoms with van der Waals surface area (Å²) in [6.07, 6.45) is 1.71. The van der Waals surface area contributed by atoms with Crippen molar-refractivity contribution in [3.63, 3.8) is 0 Å². The van der Waals surface area contributed by atoms with E-state index < -0.39 is 0 Å². The lowest BCUT2D eigenvalue weighted by Gasteiger charge is -2.11. The molecule has 5 heteroatoms. The minimum absolute atomic E-state index is 0.0377. The van der Waals surface area contributed by atoms with Crippen LogP contribution in [0.1, 0.15) is 18.9 Å². The largest absolute Gasteiger partial charge is 0.482 e. The standard InChI is InChI=1S/C13H19ClN2O2/c1-3-10(15)6-9-4-5-12(11(14)7-9)18-8-13(17)16-2/h4-5,7,10H,3,6,8,15H2,1-2H3,(H,16,17). The Bertz CT molecular complexity index is 410. The van der Waals surface area contributed by atoms with Crippen LogP contribution in [0.3, 0.4) is 0 Å². The fourth-order valence-electron chi connectivity index (χ4n) is 1.45. The van der Waals surface area contributed by atoms with Crippen molar-refractivity contribution < 1.29 is 9.53 Å². The van der Waals surface area contributed by atoms with Crippen LogP contribution in [-0.2, 0) is 11.2 Å². The van der Waals surface area contributed by atoms with Gasteiger partial charge in [0.25, 0.3) is 5.91 Å². The van der Waals surface area contributed by atoms with Crippen LogP contribution < -0.4 is 15.8 Å². The SMILES string of the molecule is CCC(N)Cc1ccc(OCC(=O)NC)c(Cl)c1. The first kappa shape index (κ1) is 14.8. The molecule has 1 aromatic carbocycles. The molecule has 0 saturated heterocycles. The molecule has 1 aromatic rings. The molecule has 0 heterocycles. The smallest absolute Gasteiger partial charge is 0.257 e. The van der Waals surface area contributed by atoms with Gasteiger partial charge in [0.1, 0.15) is 5.75 Å². The highest BCUT2D eigenvalue weighted by atomic mass is 35.5. The zero-order valence-electron chi connectivity index (χ0n) is 10.7. The number of nitrogens with one attached hydrogen (secondary N) is 1. The van der Waals surface area contributed by atoms with E-state index in [2.05, 4.69) is 5.32 Å².